The van der Waals surface area contributed by atoms with E-state index in [-0.39, 0.29) is 29.8 Å². The van der Waals surface area contributed by atoms with Crippen molar-refractivity contribution in [2.24, 2.45) is 0 Å². The van der Waals surface area contributed by atoms with E-state index in [0.29, 0.717) is 22.0 Å². The van der Waals surface area contributed by atoms with E-state index in [2.05, 4.69) is 29.9 Å². The van der Waals surface area contributed by atoms with Crippen molar-refractivity contribution in [2.45, 2.75) is 31.5 Å². The molecule has 6 nitrogen and oxygen atoms in total. The molecule has 40 heavy (non-hydrogen) atoms. The maximum atomic E-state index is 13.7. The van der Waals surface area contributed by atoms with Crippen LogP contribution in [0.1, 0.15) is 35.3 Å². The predicted molar refractivity (Wildman–Crippen MR) is 157 cm³/mol. The van der Waals surface area contributed by atoms with E-state index >= 15 is 0 Å². The van der Waals surface area contributed by atoms with Gasteiger partial charge in [-0.2, -0.15) is 5.10 Å². The van der Waals surface area contributed by atoms with Crippen LogP contribution in [-0.4, -0.2) is 39.7 Å². The van der Waals surface area contributed by atoms with Crippen molar-refractivity contribution >= 4 is 28.4 Å². The van der Waals surface area contributed by atoms with Gasteiger partial charge >= 0.3 is 0 Å². The maximum Gasteiger partial charge on any atom is 0.253 e. The zero-order chi connectivity index (χ0) is 27.8. The predicted octanol–water partition coefficient (Wildman–Crippen LogP) is 6.55. The topological polar surface area (TPSA) is 62.2 Å². The Kier molecular flexibility index (Phi) is 7.11. The summed E-state index contributed by atoms with van der Waals surface area (Å²) in [5.74, 6) is -0.423. The Bertz CT molecular complexity index is 1670. The summed E-state index contributed by atoms with van der Waals surface area (Å²) in [7, 11) is 1.83. The van der Waals surface area contributed by atoms with E-state index in [9.17, 15) is 9.18 Å². The number of benzene rings is 4. The quantitative estimate of drug-likeness (QED) is 0.250. The Morgan fingerprint density at radius 2 is 1.73 bits per heavy atom. The van der Waals surface area contributed by atoms with Gasteiger partial charge in [-0.15, -0.1) is 0 Å². The van der Waals surface area contributed by atoms with Gasteiger partial charge < -0.3 is 4.90 Å². The van der Waals surface area contributed by atoms with Crippen LogP contribution in [-0.2, 0) is 0 Å². The second-order valence-corrected chi connectivity index (χ2v) is 10.6. The van der Waals surface area contributed by atoms with Gasteiger partial charge in [-0.1, -0.05) is 60.1 Å². The minimum Gasteiger partial charge on any atom is -0.337 e. The molecule has 1 fully saturated rings. The number of carbonyl (C=O) groups is 1. The average molecular weight is 554 g/mol. The molecule has 1 amide bonds. The fourth-order valence-corrected chi connectivity index (χ4v) is 5.56. The summed E-state index contributed by atoms with van der Waals surface area (Å²) >= 11 is 6.53. The summed E-state index contributed by atoms with van der Waals surface area (Å²) < 4.78 is 15.5. The average Bonchev–Trinajstić information content (AvgIpc) is 3.63. The third-order valence-corrected chi connectivity index (χ3v) is 8.11. The number of fused-ring (bicyclic) bond motifs is 1. The molecular formula is C32H29ClFN5O. The Labute approximate surface area is 237 Å². The highest BCUT2D eigenvalue weighted by Crippen LogP contribution is 2.35. The van der Waals surface area contributed by atoms with Crippen LogP contribution in [0.4, 0.5) is 4.39 Å². The number of nitrogens with one attached hydrogen (secondary N) is 2. The zero-order valence-corrected chi connectivity index (χ0v) is 22.9. The summed E-state index contributed by atoms with van der Waals surface area (Å²) in [4.78, 5) is 15.5. The van der Waals surface area contributed by atoms with Crippen molar-refractivity contribution < 1.29 is 9.18 Å². The maximum absolute atomic E-state index is 13.7. The van der Waals surface area contributed by atoms with Crippen LogP contribution < -0.4 is 10.9 Å². The minimum absolute atomic E-state index is 0.0647. The Morgan fingerprint density at radius 1 is 1.00 bits per heavy atom. The molecule has 0 saturated carbocycles. The standard InChI is InChI=1S/C32H29ClFN5O/c1-20(28-19-29(36-35-28)21-8-4-3-5-9-21)38(2)32(40)22-12-17-26-30(18-22)39(24-15-13-23(34)14-16-24)37-31(26)25-10-6-7-11-27(25)33/h3-18,20,28-29,35-36H,19H2,1-2H3. The van der Waals surface area contributed by atoms with Crippen molar-refractivity contribution in [3.8, 4) is 16.9 Å². The largest absolute Gasteiger partial charge is 0.337 e. The van der Waals surface area contributed by atoms with Gasteiger partial charge in [0.25, 0.3) is 5.91 Å². The van der Waals surface area contributed by atoms with E-state index < -0.39 is 0 Å². The molecule has 2 heterocycles. The van der Waals surface area contributed by atoms with Crippen molar-refractivity contribution in [2.75, 3.05) is 7.05 Å². The molecule has 3 unspecified atom stereocenters. The van der Waals surface area contributed by atoms with E-state index in [1.54, 1.807) is 21.7 Å². The lowest BCUT2D eigenvalue weighted by atomic mass is 9.97. The highest BCUT2D eigenvalue weighted by Gasteiger charge is 2.32. The molecule has 8 heteroatoms. The van der Waals surface area contributed by atoms with E-state index in [1.165, 1.54) is 17.7 Å². The molecule has 1 aliphatic rings. The molecular weight excluding hydrogens is 525 g/mol. The van der Waals surface area contributed by atoms with E-state index in [1.807, 2.05) is 67.7 Å². The number of halogens is 2. The molecule has 1 aliphatic heterocycles. The van der Waals surface area contributed by atoms with Crippen LogP contribution in [0.5, 0.6) is 0 Å². The second kappa shape index (κ2) is 10.8. The molecule has 1 saturated heterocycles. The molecule has 4 aromatic carbocycles. The van der Waals surface area contributed by atoms with Crippen LogP contribution in [0.2, 0.25) is 5.02 Å². The second-order valence-electron chi connectivity index (χ2n) is 10.2. The molecule has 2 N–H and O–H groups in total. The lowest BCUT2D eigenvalue weighted by Gasteiger charge is -2.29. The Hall–Kier alpha value is -4.04. The smallest absolute Gasteiger partial charge is 0.253 e. The molecule has 6 rings (SSSR count). The van der Waals surface area contributed by atoms with Gasteiger partial charge in [-0.3, -0.25) is 10.2 Å². The van der Waals surface area contributed by atoms with E-state index in [4.69, 9.17) is 16.7 Å². The highest BCUT2D eigenvalue weighted by atomic mass is 35.5. The Morgan fingerprint density at radius 3 is 2.48 bits per heavy atom. The van der Waals surface area contributed by atoms with E-state index in [0.717, 1.165) is 22.9 Å². The summed E-state index contributed by atoms with van der Waals surface area (Å²) in [6, 6.07) is 29.7. The molecule has 0 aliphatic carbocycles. The first-order valence-corrected chi connectivity index (χ1v) is 13.7. The SMILES string of the molecule is CC(C1CC(c2ccccc2)NN1)N(C)C(=O)c1ccc2c(-c3ccccc3Cl)nn(-c3ccc(F)cc3)c2c1. The number of likely N-dealkylation sites (N-methyl/N-ethyl adjacent to an activating group) is 1. The van der Waals surface area contributed by atoms with Crippen LogP contribution in [0.25, 0.3) is 27.8 Å². The summed E-state index contributed by atoms with van der Waals surface area (Å²) in [5.41, 5.74) is 11.4. The molecule has 3 atom stereocenters. The van der Waals surface area contributed by atoms with Crippen molar-refractivity contribution in [3.63, 3.8) is 0 Å². The van der Waals surface area contributed by atoms with Crippen molar-refractivity contribution in [1.82, 2.24) is 25.5 Å². The van der Waals surface area contributed by atoms with Gasteiger partial charge in [0.1, 0.15) is 11.5 Å². The molecule has 0 radical (unpaired) electrons. The van der Waals surface area contributed by atoms with Crippen molar-refractivity contribution in [3.05, 3.63) is 119 Å². The fraction of sp³-hybridized carbons (Fsp3) is 0.188. The first-order chi connectivity index (χ1) is 19.4. The van der Waals surface area contributed by atoms with Gasteiger partial charge in [0, 0.05) is 41.7 Å². The third kappa shape index (κ3) is 4.88. The number of hydrogen-bond acceptors (Lipinski definition) is 4. The lowest BCUT2D eigenvalue weighted by molar-refractivity contribution is 0.0715. The van der Waals surface area contributed by atoms with Crippen LogP contribution >= 0.6 is 11.6 Å². The number of hydrogen-bond donors (Lipinski definition) is 2. The van der Waals surface area contributed by atoms with Crippen molar-refractivity contribution in [1.29, 1.82) is 0 Å². The molecule has 1 aromatic heterocycles. The van der Waals surface area contributed by atoms with Crippen LogP contribution in [0.3, 0.4) is 0 Å². The number of amides is 1. The monoisotopic (exact) mass is 553 g/mol. The van der Waals surface area contributed by atoms with Crippen LogP contribution in [0, 0.1) is 5.82 Å². The summed E-state index contributed by atoms with van der Waals surface area (Å²) in [6.07, 6.45) is 0.861. The van der Waals surface area contributed by atoms with Gasteiger partial charge in [0.15, 0.2) is 0 Å². The molecule has 0 spiro atoms. The number of nitrogens with zero attached hydrogens (tertiary/aromatic N) is 3. The summed E-state index contributed by atoms with van der Waals surface area (Å²) in [6.45, 7) is 2.06. The van der Waals surface area contributed by atoms with Gasteiger partial charge in [-0.25, -0.2) is 14.5 Å². The van der Waals surface area contributed by atoms with Crippen LogP contribution in [0.15, 0.2) is 97.1 Å². The highest BCUT2D eigenvalue weighted by molar-refractivity contribution is 6.33. The number of rotatable bonds is 6. The molecule has 0 bridgehead atoms. The molecule has 5 aromatic rings. The normalized spacial score (nSPS) is 17.7. The number of carbonyl (C=O) groups excluding carboxylic acids is 1. The first kappa shape index (κ1) is 26.2. The number of aromatic nitrogens is 2. The number of hydrazine groups is 1. The summed E-state index contributed by atoms with van der Waals surface area (Å²) in [5, 5.41) is 6.29. The molecule has 202 valence electrons. The lowest BCUT2D eigenvalue weighted by Crippen LogP contribution is -2.48. The zero-order valence-electron chi connectivity index (χ0n) is 22.2. The Balaban J connectivity index is 1.33. The van der Waals surface area contributed by atoms with Gasteiger partial charge in [-0.05, 0) is 67.4 Å². The third-order valence-electron chi connectivity index (χ3n) is 7.78. The van der Waals surface area contributed by atoms with Gasteiger partial charge in [0.05, 0.1) is 16.2 Å². The van der Waals surface area contributed by atoms with Gasteiger partial charge in [0.2, 0.25) is 0 Å². The first-order valence-electron chi connectivity index (χ1n) is 13.3. The minimum atomic E-state index is -0.331. The fourth-order valence-electron chi connectivity index (χ4n) is 5.34.